The summed E-state index contributed by atoms with van der Waals surface area (Å²) in [7, 11) is 0. The van der Waals surface area contributed by atoms with E-state index >= 15 is 0 Å². The molecule has 0 rings (SSSR count). The summed E-state index contributed by atoms with van der Waals surface area (Å²) in [6.07, 6.45) is 84.3. The van der Waals surface area contributed by atoms with Crippen molar-refractivity contribution in [3.05, 3.63) is 48.6 Å². The number of hydrogen-bond donors (Lipinski definition) is 0. The first-order valence-corrected chi connectivity index (χ1v) is 34.6. The minimum Gasteiger partial charge on any atom is -0.462 e. The van der Waals surface area contributed by atoms with Crippen LogP contribution in [0.3, 0.4) is 0 Å². The highest BCUT2D eigenvalue weighted by Crippen LogP contribution is 2.18. The predicted molar refractivity (Wildman–Crippen MR) is 339 cm³/mol. The van der Waals surface area contributed by atoms with Crippen molar-refractivity contribution in [2.24, 2.45) is 0 Å². The van der Waals surface area contributed by atoms with Gasteiger partial charge < -0.3 is 14.2 Å². The maximum Gasteiger partial charge on any atom is 0.306 e. The van der Waals surface area contributed by atoms with Gasteiger partial charge in [-0.25, -0.2) is 0 Å². The van der Waals surface area contributed by atoms with E-state index in [9.17, 15) is 14.4 Å². The number of ether oxygens (including phenoxy) is 3. The summed E-state index contributed by atoms with van der Waals surface area (Å²) in [5.74, 6) is -0.857. The smallest absolute Gasteiger partial charge is 0.306 e. The predicted octanol–water partition coefficient (Wildman–Crippen LogP) is 23.7. The summed E-state index contributed by atoms with van der Waals surface area (Å²) in [5, 5.41) is 0. The van der Waals surface area contributed by atoms with Gasteiger partial charge in [0, 0.05) is 19.3 Å². The Labute approximate surface area is 486 Å². The van der Waals surface area contributed by atoms with Crippen molar-refractivity contribution < 1.29 is 28.6 Å². The van der Waals surface area contributed by atoms with Crippen LogP contribution in [0.1, 0.15) is 374 Å². The molecule has 0 saturated carbocycles. The van der Waals surface area contributed by atoms with Gasteiger partial charge in [-0.1, -0.05) is 326 Å². The zero-order chi connectivity index (χ0) is 56.4. The van der Waals surface area contributed by atoms with Crippen molar-refractivity contribution >= 4 is 17.9 Å². The third kappa shape index (κ3) is 64.2. The van der Waals surface area contributed by atoms with Crippen LogP contribution in [0.15, 0.2) is 48.6 Å². The van der Waals surface area contributed by atoms with Crippen LogP contribution in [0.2, 0.25) is 0 Å². The maximum atomic E-state index is 12.9. The average molecular weight is 1090 g/mol. The lowest BCUT2D eigenvalue weighted by Crippen LogP contribution is -2.30. The molecule has 0 spiro atoms. The number of rotatable bonds is 64. The summed E-state index contributed by atoms with van der Waals surface area (Å²) >= 11 is 0. The number of hydrogen-bond acceptors (Lipinski definition) is 6. The Kier molecular flexibility index (Phi) is 64.6. The average Bonchev–Trinajstić information content (AvgIpc) is 3.44. The topological polar surface area (TPSA) is 78.9 Å². The molecule has 0 aliphatic heterocycles. The van der Waals surface area contributed by atoms with E-state index in [0.717, 1.165) is 83.5 Å². The molecule has 0 radical (unpaired) electrons. The van der Waals surface area contributed by atoms with Crippen LogP contribution in [0.4, 0.5) is 0 Å². The molecule has 1 unspecified atom stereocenters. The molecule has 0 fully saturated rings. The molecule has 0 aliphatic carbocycles. The van der Waals surface area contributed by atoms with Crippen molar-refractivity contribution in [3.63, 3.8) is 0 Å². The third-order valence-electron chi connectivity index (χ3n) is 15.6. The van der Waals surface area contributed by atoms with Crippen molar-refractivity contribution in [3.8, 4) is 0 Å². The first-order chi connectivity index (χ1) is 38.5. The summed E-state index contributed by atoms with van der Waals surface area (Å²) < 4.78 is 17.0. The Balaban J connectivity index is 4.19. The Morgan fingerprint density at radius 3 is 0.795 bits per heavy atom. The molecule has 0 bridgehead atoms. The molecular formula is C72H132O6. The van der Waals surface area contributed by atoms with Crippen molar-refractivity contribution in [2.75, 3.05) is 13.2 Å². The molecule has 0 aromatic heterocycles. The molecule has 0 saturated heterocycles. The Hall–Kier alpha value is -2.63. The second kappa shape index (κ2) is 66.9. The number of unbranched alkanes of at least 4 members (excludes halogenated alkanes) is 45. The minimum atomic E-state index is -0.776. The van der Waals surface area contributed by atoms with Gasteiger partial charge in [0.1, 0.15) is 13.2 Å². The Bertz CT molecular complexity index is 1350. The number of carbonyl (C=O) groups is 3. The van der Waals surface area contributed by atoms with E-state index in [2.05, 4.69) is 69.4 Å². The lowest BCUT2D eigenvalue weighted by Gasteiger charge is -2.18. The van der Waals surface area contributed by atoms with E-state index in [1.165, 1.54) is 250 Å². The van der Waals surface area contributed by atoms with Gasteiger partial charge in [-0.3, -0.25) is 14.4 Å². The van der Waals surface area contributed by atoms with Crippen LogP contribution in [0, 0.1) is 0 Å². The molecule has 456 valence electrons. The highest BCUT2D eigenvalue weighted by atomic mass is 16.6. The van der Waals surface area contributed by atoms with Gasteiger partial charge in [-0.2, -0.15) is 0 Å². The Morgan fingerprint density at radius 2 is 0.500 bits per heavy atom. The molecule has 6 nitrogen and oxygen atoms in total. The fourth-order valence-corrected chi connectivity index (χ4v) is 10.4. The van der Waals surface area contributed by atoms with Crippen molar-refractivity contribution in [2.45, 2.75) is 380 Å². The SMILES string of the molecule is CC/C=C\C/C=C\C/C=C\CCCCCCCCCC(=O)OC(COC(=O)CCCCCCCCCCCCCCCC)COC(=O)CCCCCCCCCCCCCCCCCCC/C=C\CCCCCCCCCC. The molecule has 0 amide bonds. The zero-order valence-corrected chi connectivity index (χ0v) is 52.5. The Morgan fingerprint density at radius 1 is 0.269 bits per heavy atom. The van der Waals surface area contributed by atoms with E-state index in [4.69, 9.17) is 14.2 Å². The second-order valence-corrected chi connectivity index (χ2v) is 23.4. The van der Waals surface area contributed by atoms with Crippen molar-refractivity contribution in [1.29, 1.82) is 0 Å². The van der Waals surface area contributed by atoms with Crippen molar-refractivity contribution in [1.82, 2.24) is 0 Å². The fraction of sp³-hybridized carbons (Fsp3) is 0.847. The van der Waals surface area contributed by atoms with Crippen LogP contribution >= 0.6 is 0 Å². The van der Waals surface area contributed by atoms with E-state index in [-0.39, 0.29) is 31.1 Å². The molecule has 0 aliphatic rings. The minimum absolute atomic E-state index is 0.0724. The van der Waals surface area contributed by atoms with E-state index in [1.54, 1.807) is 0 Å². The first kappa shape index (κ1) is 75.4. The maximum absolute atomic E-state index is 12.9. The van der Waals surface area contributed by atoms with Gasteiger partial charge in [0.2, 0.25) is 0 Å². The molecule has 0 heterocycles. The molecule has 1 atom stereocenters. The summed E-state index contributed by atoms with van der Waals surface area (Å²) in [6.45, 7) is 6.58. The lowest BCUT2D eigenvalue weighted by molar-refractivity contribution is -0.167. The lowest BCUT2D eigenvalue weighted by atomic mass is 10.0. The van der Waals surface area contributed by atoms with Gasteiger partial charge in [0.15, 0.2) is 6.10 Å². The van der Waals surface area contributed by atoms with E-state index < -0.39 is 6.10 Å². The normalized spacial score (nSPS) is 12.3. The molecule has 0 aromatic rings. The molecule has 0 N–H and O–H groups in total. The molecular weight excluding hydrogens is 961 g/mol. The monoisotopic (exact) mass is 1090 g/mol. The third-order valence-corrected chi connectivity index (χ3v) is 15.6. The van der Waals surface area contributed by atoms with Gasteiger partial charge in [0.25, 0.3) is 0 Å². The zero-order valence-electron chi connectivity index (χ0n) is 52.5. The van der Waals surface area contributed by atoms with Gasteiger partial charge in [-0.15, -0.1) is 0 Å². The summed E-state index contributed by atoms with van der Waals surface area (Å²) in [5.41, 5.74) is 0. The first-order valence-electron chi connectivity index (χ1n) is 34.6. The van der Waals surface area contributed by atoms with Gasteiger partial charge in [0.05, 0.1) is 0 Å². The summed E-state index contributed by atoms with van der Waals surface area (Å²) in [6, 6.07) is 0. The highest BCUT2D eigenvalue weighted by Gasteiger charge is 2.19. The van der Waals surface area contributed by atoms with Gasteiger partial charge >= 0.3 is 17.9 Å². The van der Waals surface area contributed by atoms with Crippen LogP contribution in [-0.2, 0) is 28.6 Å². The van der Waals surface area contributed by atoms with Crippen LogP contribution in [-0.4, -0.2) is 37.2 Å². The highest BCUT2D eigenvalue weighted by molar-refractivity contribution is 5.71. The van der Waals surface area contributed by atoms with Crippen LogP contribution in [0.25, 0.3) is 0 Å². The van der Waals surface area contributed by atoms with E-state index in [1.807, 2.05) is 0 Å². The molecule has 6 heteroatoms. The van der Waals surface area contributed by atoms with Crippen LogP contribution in [0.5, 0.6) is 0 Å². The second-order valence-electron chi connectivity index (χ2n) is 23.4. The quantitative estimate of drug-likeness (QED) is 0.0261. The fourth-order valence-electron chi connectivity index (χ4n) is 10.4. The van der Waals surface area contributed by atoms with E-state index in [0.29, 0.717) is 19.3 Å². The number of carbonyl (C=O) groups excluding carboxylic acids is 3. The van der Waals surface area contributed by atoms with Gasteiger partial charge in [-0.05, 0) is 77.0 Å². The molecule has 78 heavy (non-hydrogen) atoms. The summed E-state index contributed by atoms with van der Waals surface area (Å²) in [4.78, 5) is 38.4. The largest absolute Gasteiger partial charge is 0.462 e. The van der Waals surface area contributed by atoms with Crippen LogP contribution < -0.4 is 0 Å². The number of esters is 3. The number of allylic oxidation sites excluding steroid dienone is 8. The molecule has 0 aromatic carbocycles. The standard InChI is InChI=1S/C72H132O6/c1-4-7-10-13-16-19-22-25-28-30-31-32-33-34-35-36-37-38-39-40-41-43-44-47-50-53-56-59-62-65-71(74)77-68-69(67-76-70(73)64-61-58-55-52-49-46-27-24-21-18-15-12-9-6-3)78-72(75)66-63-60-57-54-51-48-45-42-29-26-23-20-17-14-11-8-5-2/h8,11,17,20,26,29-31,69H,4-7,9-10,12-16,18-19,21-25,27-28,32-68H2,1-3H3/b11-8-,20-17-,29-26-,31-30-.